The fraction of sp³-hybridized carbons (Fsp3) is 0.667. The van der Waals surface area contributed by atoms with Crippen LogP contribution >= 0.6 is 0 Å². The summed E-state index contributed by atoms with van der Waals surface area (Å²) in [6.07, 6.45) is 3.95. The van der Waals surface area contributed by atoms with Crippen molar-refractivity contribution in [2.75, 3.05) is 24.5 Å². The molecule has 0 aliphatic carbocycles. The second kappa shape index (κ2) is 6.62. The minimum Gasteiger partial charge on any atom is -0.371 e. The van der Waals surface area contributed by atoms with E-state index < -0.39 is 0 Å². The van der Waals surface area contributed by atoms with E-state index in [0.29, 0.717) is 5.41 Å². The molecule has 1 N–H and O–H groups in total. The van der Waals surface area contributed by atoms with Crippen LogP contribution in [0.3, 0.4) is 0 Å². The molecule has 1 saturated heterocycles. The van der Waals surface area contributed by atoms with Crippen molar-refractivity contribution in [3.8, 4) is 0 Å². The molecule has 0 bridgehead atoms. The van der Waals surface area contributed by atoms with Gasteiger partial charge in [-0.1, -0.05) is 26.8 Å². The Morgan fingerprint density at radius 1 is 1.20 bits per heavy atom. The Balaban J connectivity index is 2.09. The SMILES string of the molecule is CCNCc1ccc(N2CCC(CC)(CC)C2)cc1C. The summed E-state index contributed by atoms with van der Waals surface area (Å²) in [7, 11) is 0. The number of rotatable bonds is 6. The molecule has 0 spiro atoms. The van der Waals surface area contributed by atoms with Crippen LogP contribution in [0.25, 0.3) is 0 Å². The minimum absolute atomic E-state index is 0.552. The second-order valence-corrected chi connectivity index (χ2v) is 6.27. The Hall–Kier alpha value is -1.02. The molecular formula is C18H30N2. The Morgan fingerprint density at radius 2 is 1.95 bits per heavy atom. The van der Waals surface area contributed by atoms with Crippen molar-refractivity contribution in [2.45, 2.75) is 53.5 Å². The van der Waals surface area contributed by atoms with Crippen LogP contribution < -0.4 is 10.2 Å². The molecule has 1 aromatic carbocycles. The van der Waals surface area contributed by atoms with E-state index in [1.165, 1.54) is 49.2 Å². The molecule has 1 heterocycles. The largest absolute Gasteiger partial charge is 0.371 e. The Kier molecular flexibility index (Phi) is 5.09. The molecule has 2 heteroatoms. The lowest BCUT2D eigenvalue weighted by Crippen LogP contribution is -2.26. The van der Waals surface area contributed by atoms with Gasteiger partial charge in [0.25, 0.3) is 0 Å². The van der Waals surface area contributed by atoms with Crippen LogP contribution in [-0.2, 0) is 6.54 Å². The average molecular weight is 274 g/mol. The number of hydrogen-bond acceptors (Lipinski definition) is 2. The maximum absolute atomic E-state index is 3.41. The first-order valence-corrected chi connectivity index (χ1v) is 8.19. The van der Waals surface area contributed by atoms with Gasteiger partial charge in [-0.05, 0) is 61.4 Å². The molecule has 20 heavy (non-hydrogen) atoms. The quantitative estimate of drug-likeness (QED) is 0.839. The van der Waals surface area contributed by atoms with E-state index in [-0.39, 0.29) is 0 Å². The molecule has 0 unspecified atom stereocenters. The van der Waals surface area contributed by atoms with Crippen LogP contribution in [-0.4, -0.2) is 19.6 Å². The van der Waals surface area contributed by atoms with Gasteiger partial charge >= 0.3 is 0 Å². The van der Waals surface area contributed by atoms with Gasteiger partial charge in [-0.15, -0.1) is 0 Å². The lowest BCUT2D eigenvalue weighted by atomic mass is 9.82. The zero-order valence-electron chi connectivity index (χ0n) is 13.6. The normalized spacial score (nSPS) is 17.7. The van der Waals surface area contributed by atoms with Crippen LogP contribution in [0.15, 0.2) is 18.2 Å². The van der Waals surface area contributed by atoms with E-state index in [9.17, 15) is 0 Å². The summed E-state index contributed by atoms with van der Waals surface area (Å²) in [6.45, 7) is 13.5. The summed E-state index contributed by atoms with van der Waals surface area (Å²) >= 11 is 0. The number of nitrogens with one attached hydrogen (secondary N) is 1. The molecule has 0 aromatic heterocycles. The number of aryl methyl sites for hydroxylation is 1. The van der Waals surface area contributed by atoms with Crippen LogP contribution in [0.1, 0.15) is 51.2 Å². The van der Waals surface area contributed by atoms with E-state index >= 15 is 0 Å². The molecule has 0 amide bonds. The van der Waals surface area contributed by atoms with E-state index in [1.807, 2.05) is 0 Å². The maximum Gasteiger partial charge on any atom is 0.0369 e. The minimum atomic E-state index is 0.552. The standard InChI is InChI=1S/C18H30N2/c1-5-18(6-2)10-11-20(14-18)17-9-8-16(13-19-7-3)15(4)12-17/h8-9,12,19H,5-7,10-11,13-14H2,1-4H3. The first-order valence-electron chi connectivity index (χ1n) is 8.19. The summed E-state index contributed by atoms with van der Waals surface area (Å²) in [4.78, 5) is 2.58. The van der Waals surface area contributed by atoms with Gasteiger partial charge in [-0.25, -0.2) is 0 Å². The molecule has 2 nitrogen and oxygen atoms in total. The summed E-state index contributed by atoms with van der Waals surface area (Å²) in [5, 5.41) is 3.41. The van der Waals surface area contributed by atoms with Crippen molar-refractivity contribution < 1.29 is 0 Å². The second-order valence-electron chi connectivity index (χ2n) is 6.27. The fourth-order valence-electron chi connectivity index (χ4n) is 3.32. The van der Waals surface area contributed by atoms with Gasteiger partial charge in [0.2, 0.25) is 0 Å². The summed E-state index contributed by atoms with van der Waals surface area (Å²) < 4.78 is 0. The Morgan fingerprint density at radius 3 is 2.50 bits per heavy atom. The Labute approximate surface area is 124 Å². The van der Waals surface area contributed by atoms with Gasteiger partial charge in [0.05, 0.1) is 0 Å². The third-order valence-corrected chi connectivity index (χ3v) is 5.20. The summed E-state index contributed by atoms with van der Waals surface area (Å²) in [5.74, 6) is 0. The van der Waals surface area contributed by atoms with Crippen LogP contribution in [0.5, 0.6) is 0 Å². The number of anilines is 1. The first kappa shape index (κ1) is 15.4. The molecule has 0 radical (unpaired) electrons. The fourth-order valence-corrected chi connectivity index (χ4v) is 3.32. The van der Waals surface area contributed by atoms with E-state index in [4.69, 9.17) is 0 Å². The molecule has 1 aliphatic heterocycles. The molecule has 0 atom stereocenters. The molecule has 112 valence electrons. The highest BCUT2D eigenvalue weighted by atomic mass is 15.2. The van der Waals surface area contributed by atoms with Crippen molar-refractivity contribution in [3.63, 3.8) is 0 Å². The smallest absolute Gasteiger partial charge is 0.0369 e. The van der Waals surface area contributed by atoms with Crippen molar-refractivity contribution >= 4 is 5.69 Å². The average Bonchev–Trinajstić information content (AvgIpc) is 2.91. The monoisotopic (exact) mass is 274 g/mol. The summed E-state index contributed by atoms with van der Waals surface area (Å²) in [6, 6.07) is 6.97. The van der Waals surface area contributed by atoms with Gasteiger partial charge in [0, 0.05) is 25.3 Å². The topological polar surface area (TPSA) is 15.3 Å². The maximum atomic E-state index is 3.41. The van der Waals surface area contributed by atoms with Gasteiger partial charge in [0.1, 0.15) is 0 Å². The van der Waals surface area contributed by atoms with Gasteiger partial charge < -0.3 is 10.2 Å². The van der Waals surface area contributed by atoms with Crippen molar-refractivity contribution in [1.82, 2.24) is 5.32 Å². The molecule has 0 saturated carbocycles. The molecule has 1 aromatic rings. The Bertz CT molecular complexity index is 435. The lowest BCUT2D eigenvalue weighted by Gasteiger charge is -2.27. The van der Waals surface area contributed by atoms with E-state index in [1.54, 1.807) is 0 Å². The molecule has 2 rings (SSSR count). The zero-order chi connectivity index (χ0) is 14.6. The van der Waals surface area contributed by atoms with Crippen LogP contribution in [0, 0.1) is 12.3 Å². The molecule has 1 fully saturated rings. The summed E-state index contributed by atoms with van der Waals surface area (Å²) in [5.41, 5.74) is 4.79. The third kappa shape index (κ3) is 3.17. The third-order valence-electron chi connectivity index (χ3n) is 5.20. The first-order chi connectivity index (χ1) is 9.64. The van der Waals surface area contributed by atoms with E-state index in [0.717, 1.165) is 13.1 Å². The highest BCUT2D eigenvalue weighted by molar-refractivity contribution is 5.52. The molecular weight excluding hydrogens is 244 g/mol. The predicted molar refractivity (Wildman–Crippen MR) is 88.4 cm³/mol. The van der Waals surface area contributed by atoms with Crippen molar-refractivity contribution in [3.05, 3.63) is 29.3 Å². The van der Waals surface area contributed by atoms with Crippen LogP contribution in [0.4, 0.5) is 5.69 Å². The van der Waals surface area contributed by atoms with Gasteiger partial charge in [-0.3, -0.25) is 0 Å². The number of hydrogen-bond donors (Lipinski definition) is 1. The van der Waals surface area contributed by atoms with Crippen molar-refractivity contribution in [1.29, 1.82) is 0 Å². The van der Waals surface area contributed by atoms with Crippen LogP contribution in [0.2, 0.25) is 0 Å². The number of benzene rings is 1. The molecule has 1 aliphatic rings. The zero-order valence-corrected chi connectivity index (χ0v) is 13.6. The number of nitrogens with zero attached hydrogens (tertiary/aromatic N) is 1. The van der Waals surface area contributed by atoms with E-state index in [2.05, 4.69) is 56.1 Å². The van der Waals surface area contributed by atoms with Gasteiger partial charge in [0.15, 0.2) is 0 Å². The van der Waals surface area contributed by atoms with Gasteiger partial charge in [-0.2, -0.15) is 0 Å². The highest BCUT2D eigenvalue weighted by Crippen LogP contribution is 2.39. The predicted octanol–water partition coefficient (Wildman–Crippen LogP) is 4.12. The van der Waals surface area contributed by atoms with Crippen molar-refractivity contribution in [2.24, 2.45) is 5.41 Å². The highest BCUT2D eigenvalue weighted by Gasteiger charge is 2.34. The lowest BCUT2D eigenvalue weighted by molar-refractivity contribution is 0.301.